The molecule has 11 nitrogen and oxygen atoms in total. The summed E-state index contributed by atoms with van der Waals surface area (Å²) in [5.74, 6) is -4.40. The van der Waals surface area contributed by atoms with E-state index in [0.29, 0.717) is 5.69 Å². The quantitative estimate of drug-likeness (QED) is 0.242. The molecular weight excluding hydrogens is 392 g/mol. The number of carbonyl (C=O) groups excluding carboxylic acids is 2. The average molecular weight is 414 g/mol. The lowest BCUT2D eigenvalue weighted by molar-refractivity contribution is -0.139. The van der Waals surface area contributed by atoms with E-state index in [1.54, 1.807) is 30.3 Å². The summed E-state index contributed by atoms with van der Waals surface area (Å²) in [7, 11) is -1.76. The van der Waals surface area contributed by atoms with Crippen LogP contribution >= 0.6 is 0 Å². The minimum absolute atomic E-state index is 0.157. The van der Waals surface area contributed by atoms with Gasteiger partial charge >= 0.3 is 11.9 Å². The minimum Gasteiger partial charge on any atom is -0.480 e. The van der Waals surface area contributed by atoms with Gasteiger partial charge in [-0.25, -0.2) is 4.21 Å². The molecule has 154 valence electrons. The Kier molecular flexibility index (Phi) is 9.60. The Bertz CT molecular complexity index is 729. The number of amides is 2. The van der Waals surface area contributed by atoms with Crippen LogP contribution in [0.15, 0.2) is 30.3 Å². The lowest BCUT2D eigenvalue weighted by Crippen LogP contribution is -2.51. The number of carboxylic acid groups (broad SMARTS) is 2. The molecule has 1 aromatic rings. The summed E-state index contributed by atoms with van der Waals surface area (Å²) in [6.45, 7) is -0.673. The summed E-state index contributed by atoms with van der Waals surface area (Å²) in [4.78, 5) is 45.4. The highest BCUT2D eigenvalue weighted by Gasteiger charge is 2.24. The van der Waals surface area contributed by atoms with Crippen molar-refractivity contribution in [1.82, 2.24) is 10.6 Å². The summed E-state index contributed by atoms with van der Waals surface area (Å²) in [5, 5.41) is 21.8. The summed E-state index contributed by atoms with van der Waals surface area (Å²) in [6, 6.07) is 5.97. The molecule has 0 aliphatic carbocycles. The molecule has 1 rings (SSSR count). The number of carbonyl (C=O) groups is 4. The van der Waals surface area contributed by atoms with E-state index in [9.17, 15) is 23.4 Å². The van der Waals surface area contributed by atoms with Crippen molar-refractivity contribution in [3.8, 4) is 0 Å². The predicted octanol–water partition coefficient (Wildman–Crippen LogP) is -1.36. The maximum absolute atomic E-state index is 12.3. The molecular formula is C16H22N4O7S. The second-order valence-corrected chi connectivity index (χ2v) is 6.92. The molecule has 12 heteroatoms. The number of aliphatic carboxylic acids is 2. The zero-order chi connectivity index (χ0) is 21.1. The van der Waals surface area contributed by atoms with E-state index in [0.717, 1.165) is 0 Å². The Labute approximate surface area is 163 Å². The third kappa shape index (κ3) is 9.09. The first-order valence-corrected chi connectivity index (χ1v) is 9.48. The Balaban J connectivity index is 2.70. The van der Waals surface area contributed by atoms with Gasteiger partial charge in [0.15, 0.2) is 0 Å². The molecule has 1 aromatic carbocycles. The van der Waals surface area contributed by atoms with Crippen LogP contribution in [-0.2, 0) is 30.2 Å². The van der Waals surface area contributed by atoms with Crippen LogP contribution in [0.3, 0.4) is 0 Å². The minimum atomic E-state index is -1.76. The Morgan fingerprint density at radius 3 is 2.32 bits per heavy atom. The third-order valence-electron chi connectivity index (χ3n) is 3.39. The molecule has 0 bridgehead atoms. The highest BCUT2D eigenvalue weighted by molar-refractivity contribution is 7.86. The number of nitrogens with one attached hydrogen (secondary N) is 3. The molecule has 7 N–H and O–H groups in total. The van der Waals surface area contributed by atoms with Crippen molar-refractivity contribution in [2.45, 2.75) is 24.9 Å². The van der Waals surface area contributed by atoms with Crippen molar-refractivity contribution in [3.63, 3.8) is 0 Å². The van der Waals surface area contributed by atoms with Gasteiger partial charge in [-0.15, -0.1) is 0 Å². The first kappa shape index (κ1) is 23.0. The topological polar surface area (TPSA) is 188 Å². The first-order chi connectivity index (χ1) is 13.2. The van der Waals surface area contributed by atoms with Crippen molar-refractivity contribution < 1.29 is 33.6 Å². The fourth-order valence-corrected chi connectivity index (χ4v) is 3.00. The second kappa shape index (κ2) is 11.7. The van der Waals surface area contributed by atoms with Gasteiger partial charge in [0, 0.05) is 12.1 Å². The highest BCUT2D eigenvalue weighted by atomic mass is 32.2. The monoisotopic (exact) mass is 414 g/mol. The zero-order valence-corrected chi connectivity index (χ0v) is 15.6. The Morgan fingerprint density at radius 2 is 1.75 bits per heavy atom. The van der Waals surface area contributed by atoms with Crippen LogP contribution in [0.2, 0.25) is 0 Å². The molecule has 0 radical (unpaired) electrons. The number of hydrogen-bond donors (Lipinski definition) is 6. The van der Waals surface area contributed by atoms with Crippen LogP contribution in [-0.4, -0.2) is 62.6 Å². The number of nitrogens with two attached hydrogens (primary N) is 1. The fourth-order valence-electron chi connectivity index (χ4n) is 1.98. The van der Waals surface area contributed by atoms with Crippen LogP contribution in [0.4, 0.5) is 5.69 Å². The van der Waals surface area contributed by atoms with Gasteiger partial charge in [-0.05, 0) is 18.6 Å². The van der Waals surface area contributed by atoms with E-state index in [4.69, 9.17) is 15.9 Å². The van der Waals surface area contributed by atoms with Crippen LogP contribution in [0.5, 0.6) is 0 Å². The largest absolute Gasteiger partial charge is 0.480 e. The molecule has 0 aliphatic rings. The molecule has 0 aliphatic heterocycles. The van der Waals surface area contributed by atoms with Crippen LogP contribution in [0.25, 0.3) is 0 Å². The summed E-state index contributed by atoms with van der Waals surface area (Å²) in [5.41, 5.74) is 5.85. The van der Waals surface area contributed by atoms with Gasteiger partial charge in [0.05, 0.1) is 5.75 Å². The normalized spacial score (nSPS) is 13.6. The SMILES string of the molecule is NC(CCC(=O)NC(CS(=O)Nc1ccccc1)C(=O)NCC(=O)O)C(=O)O. The van der Waals surface area contributed by atoms with Gasteiger partial charge < -0.3 is 31.3 Å². The Morgan fingerprint density at radius 1 is 1.11 bits per heavy atom. The maximum atomic E-state index is 12.3. The van der Waals surface area contributed by atoms with E-state index in [-0.39, 0.29) is 18.6 Å². The van der Waals surface area contributed by atoms with Gasteiger partial charge in [-0.3, -0.25) is 19.2 Å². The Hall–Kier alpha value is -2.99. The van der Waals surface area contributed by atoms with Crippen LogP contribution in [0, 0.1) is 0 Å². The molecule has 0 heterocycles. The number of carboxylic acids is 2. The lowest BCUT2D eigenvalue weighted by Gasteiger charge is -2.18. The van der Waals surface area contributed by atoms with E-state index in [1.165, 1.54) is 0 Å². The van der Waals surface area contributed by atoms with Gasteiger partial charge in [-0.2, -0.15) is 0 Å². The summed E-state index contributed by atoms with van der Waals surface area (Å²) in [6.07, 6.45) is -0.426. The number of anilines is 1. The number of para-hydroxylation sites is 1. The van der Waals surface area contributed by atoms with E-state index < -0.39 is 53.4 Å². The fraction of sp³-hybridized carbons (Fsp3) is 0.375. The molecule has 3 unspecified atom stereocenters. The molecule has 0 spiro atoms. The van der Waals surface area contributed by atoms with E-state index in [1.807, 2.05) is 0 Å². The number of benzene rings is 1. The van der Waals surface area contributed by atoms with Gasteiger partial charge in [0.2, 0.25) is 11.8 Å². The average Bonchev–Trinajstić information content (AvgIpc) is 2.64. The van der Waals surface area contributed by atoms with Crippen molar-refractivity contribution in [2.75, 3.05) is 17.0 Å². The van der Waals surface area contributed by atoms with E-state index in [2.05, 4.69) is 15.4 Å². The predicted molar refractivity (Wildman–Crippen MR) is 100 cm³/mol. The van der Waals surface area contributed by atoms with Crippen molar-refractivity contribution in [2.24, 2.45) is 5.73 Å². The number of hydrogen-bond acceptors (Lipinski definition) is 6. The van der Waals surface area contributed by atoms with Gasteiger partial charge in [0.25, 0.3) is 0 Å². The molecule has 0 fully saturated rings. The van der Waals surface area contributed by atoms with Gasteiger partial charge in [-0.1, -0.05) is 18.2 Å². The zero-order valence-electron chi connectivity index (χ0n) is 14.8. The van der Waals surface area contributed by atoms with Crippen LogP contribution in [0.1, 0.15) is 12.8 Å². The van der Waals surface area contributed by atoms with Crippen molar-refractivity contribution >= 4 is 40.4 Å². The van der Waals surface area contributed by atoms with Crippen molar-refractivity contribution in [1.29, 1.82) is 0 Å². The lowest BCUT2D eigenvalue weighted by atomic mass is 10.1. The molecule has 3 atom stereocenters. The molecule has 28 heavy (non-hydrogen) atoms. The van der Waals surface area contributed by atoms with Crippen LogP contribution < -0.4 is 21.1 Å². The molecule has 2 amide bonds. The number of rotatable bonds is 12. The third-order valence-corrected chi connectivity index (χ3v) is 4.49. The smallest absolute Gasteiger partial charge is 0.322 e. The second-order valence-electron chi connectivity index (χ2n) is 5.70. The standard InChI is InChI=1S/C16H22N4O7S/c17-11(16(25)26)6-7-13(21)19-12(15(24)18-8-14(22)23)9-28(27)20-10-4-2-1-3-5-10/h1-5,11-12,20H,6-9,17H2,(H,18,24)(H,19,21)(H,22,23)(H,25,26). The molecule has 0 saturated heterocycles. The van der Waals surface area contributed by atoms with Crippen molar-refractivity contribution in [3.05, 3.63) is 30.3 Å². The molecule has 0 aromatic heterocycles. The molecule has 0 saturated carbocycles. The highest BCUT2D eigenvalue weighted by Crippen LogP contribution is 2.07. The first-order valence-electron chi connectivity index (χ1n) is 8.16. The summed E-state index contributed by atoms with van der Waals surface area (Å²) >= 11 is 0. The van der Waals surface area contributed by atoms with E-state index >= 15 is 0 Å². The summed E-state index contributed by atoms with van der Waals surface area (Å²) < 4.78 is 14.9. The maximum Gasteiger partial charge on any atom is 0.322 e. The van der Waals surface area contributed by atoms with Gasteiger partial charge in [0.1, 0.15) is 29.6 Å².